The van der Waals surface area contributed by atoms with Crippen LogP contribution >= 0.6 is 0 Å². The number of ether oxygens (including phenoxy) is 1. The first-order chi connectivity index (χ1) is 9.15. The van der Waals surface area contributed by atoms with E-state index in [1.54, 1.807) is 7.11 Å². The van der Waals surface area contributed by atoms with Crippen LogP contribution in [0.3, 0.4) is 0 Å². The quantitative estimate of drug-likeness (QED) is 0.890. The number of hydrogen-bond donors (Lipinski definition) is 1. The van der Waals surface area contributed by atoms with E-state index in [0.717, 1.165) is 25.4 Å². The van der Waals surface area contributed by atoms with Crippen molar-refractivity contribution in [1.29, 1.82) is 0 Å². The van der Waals surface area contributed by atoms with E-state index in [-0.39, 0.29) is 6.04 Å². The molecule has 0 amide bonds. The maximum Gasteiger partial charge on any atom is 0.119 e. The third-order valence-electron chi connectivity index (χ3n) is 4.13. The summed E-state index contributed by atoms with van der Waals surface area (Å²) in [5.41, 5.74) is 7.26. The molecule has 2 unspecified atom stereocenters. The molecular weight excluding hydrogens is 238 g/mol. The molecule has 2 atom stereocenters. The average molecular weight is 263 g/mol. The molecule has 1 aliphatic heterocycles. The van der Waals surface area contributed by atoms with Gasteiger partial charge in [-0.2, -0.15) is 0 Å². The van der Waals surface area contributed by atoms with Gasteiger partial charge in [0.15, 0.2) is 0 Å². The third-order valence-corrected chi connectivity index (χ3v) is 4.13. The number of piperazine rings is 1. The molecule has 4 nitrogen and oxygen atoms in total. The third kappa shape index (κ3) is 3.26. The second-order valence-electron chi connectivity index (χ2n) is 5.35. The van der Waals surface area contributed by atoms with E-state index in [0.29, 0.717) is 12.6 Å². The zero-order valence-corrected chi connectivity index (χ0v) is 12.2. The van der Waals surface area contributed by atoms with Gasteiger partial charge < -0.3 is 15.4 Å². The van der Waals surface area contributed by atoms with E-state index in [9.17, 15) is 0 Å². The molecule has 19 heavy (non-hydrogen) atoms. The van der Waals surface area contributed by atoms with Crippen molar-refractivity contribution in [3.05, 3.63) is 29.8 Å². The minimum absolute atomic E-state index is 0.284. The Morgan fingerprint density at radius 1 is 1.42 bits per heavy atom. The highest BCUT2D eigenvalue weighted by molar-refractivity contribution is 5.30. The van der Waals surface area contributed by atoms with Crippen molar-refractivity contribution < 1.29 is 4.74 Å². The van der Waals surface area contributed by atoms with Crippen molar-refractivity contribution in [3.63, 3.8) is 0 Å². The van der Waals surface area contributed by atoms with E-state index < -0.39 is 0 Å². The number of likely N-dealkylation sites (N-methyl/N-ethyl adjacent to an activating group) is 1. The zero-order chi connectivity index (χ0) is 13.8. The second-order valence-corrected chi connectivity index (χ2v) is 5.35. The molecule has 1 fully saturated rings. The number of methoxy groups -OCH3 is 1. The van der Waals surface area contributed by atoms with Gasteiger partial charge in [0.1, 0.15) is 5.75 Å². The molecule has 1 heterocycles. The molecule has 0 saturated carbocycles. The number of benzene rings is 1. The van der Waals surface area contributed by atoms with Gasteiger partial charge in [-0.25, -0.2) is 0 Å². The number of hydrogen-bond acceptors (Lipinski definition) is 4. The summed E-state index contributed by atoms with van der Waals surface area (Å²) in [5.74, 6) is 0.901. The molecule has 2 rings (SSSR count). The van der Waals surface area contributed by atoms with Crippen LogP contribution in [0, 0.1) is 0 Å². The van der Waals surface area contributed by atoms with E-state index in [1.165, 1.54) is 5.56 Å². The molecule has 106 valence electrons. The molecule has 1 aliphatic rings. The minimum atomic E-state index is 0.284. The first-order valence-corrected chi connectivity index (χ1v) is 6.94. The van der Waals surface area contributed by atoms with Gasteiger partial charge in [0.2, 0.25) is 0 Å². The molecule has 1 aromatic carbocycles. The Hall–Kier alpha value is -1.10. The smallest absolute Gasteiger partial charge is 0.119 e. The number of nitrogens with zero attached hydrogens (tertiary/aromatic N) is 2. The monoisotopic (exact) mass is 263 g/mol. The van der Waals surface area contributed by atoms with Crippen LogP contribution in [-0.2, 0) is 0 Å². The molecule has 1 saturated heterocycles. The van der Waals surface area contributed by atoms with Crippen molar-refractivity contribution in [2.75, 3.05) is 40.3 Å². The Morgan fingerprint density at radius 2 is 2.21 bits per heavy atom. The lowest BCUT2D eigenvalue weighted by atomic mass is 10.0. The topological polar surface area (TPSA) is 41.7 Å². The van der Waals surface area contributed by atoms with Gasteiger partial charge in [-0.05, 0) is 31.7 Å². The summed E-state index contributed by atoms with van der Waals surface area (Å²) < 4.78 is 5.31. The number of nitrogens with two attached hydrogens (primary N) is 1. The summed E-state index contributed by atoms with van der Waals surface area (Å²) in [5, 5.41) is 0. The first-order valence-electron chi connectivity index (χ1n) is 6.94. The summed E-state index contributed by atoms with van der Waals surface area (Å²) in [6.45, 7) is 6.14. The zero-order valence-electron chi connectivity index (χ0n) is 12.2. The highest BCUT2D eigenvalue weighted by Crippen LogP contribution is 2.25. The normalized spacial score (nSPS) is 23.3. The first kappa shape index (κ1) is 14.3. The largest absolute Gasteiger partial charge is 0.497 e. The predicted molar refractivity (Wildman–Crippen MR) is 78.5 cm³/mol. The van der Waals surface area contributed by atoms with Crippen LogP contribution in [-0.4, -0.2) is 56.2 Å². The van der Waals surface area contributed by atoms with Crippen molar-refractivity contribution in [2.45, 2.75) is 19.0 Å². The predicted octanol–water partition coefficient (Wildman–Crippen LogP) is 1.33. The second kappa shape index (κ2) is 6.37. The van der Waals surface area contributed by atoms with Gasteiger partial charge in [0.25, 0.3) is 0 Å². The van der Waals surface area contributed by atoms with Gasteiger partial charge >= 0.3 is 0 Å². The van der Waals surface area contributed by atoms with Crippen LogP contribution < -0.4 is 10.5 Å². The van der Waals surface area contributed by atoms with Crippen molar-refractivity contribution in [1.82, 2.24) is 9.80 Å². The minimum Gasteiger partial charge on any atom is -0.497 e. The van der Waals surface area contributed by atoms with Crippen molar-refractivity contribution >= 4 is 0 Å². The maximum absolute atomic E-state index is 6.01. The van der Waals surface area contributed by atoms with Crippen LogP contribution in [0.5, 0.6) is 5.75 Å². The maximum atomic E-state index is 6.01. The standard InChI is InChI=1S/C15H25N3O/c1-12-11-18(8-7-17(12)2)15(10-16)13-5-4-6-14(9-13)19-3/h4-6,9,12,15H,7-8,10-11,16H2,1-3H3. The van der Waals surface area contributed by atoms with Crippen LogP contribution in [0.25, 0.3) is 0 Å². The Balaban J connectivity index is 2.15. The van der Waals surface area contributed by atoms with Crippen LogP contribution in [0.1, 0.15) is 18.5 Å². The Labute approximate surface area is 116 Å². The molecule has 4 heteroatoms. The van der Waals surface area contributed by atoms with E-state index in [4.69, 9.17) is 10.5 Å². The molecule has 2 N–H and O–H groups in total. The van der Waals surface area contributed by atoms with Gasteiger partial charge in [0.05, 0.1) is 7.11 Å². The van der Waals surface area contributed by atoms with Crippen LogP contribution in [0.2, 0.25) is 0 Å². The molecule has 0 radical (unpaired) electrons. The fourth-order valence-electron chi connectivity index (χ4n) is 2.70. The number of rotatable bonds is 4. The lowest BCUT2D eigenvalue weighted by Gasteiger charge is -2.41. The Bertz CT molecular complexity index is 410. The van der Waals surface area contributed by atoms with Crippen LogP contribution in [0.15, 0.2) is 24.3 Å². The fraction of sp³-hybridized carbons (Fsp3) is 0.600. The van der Waals surface area contributed by atoms with E-state index in [1.807, 2.05) is 12.1 Å². The molecular formula is C15H25N3O. The molecule has 0 bridgehead atoms. The highest BCUT2D eigenvalue weighted by Gasteiger charge is 2.26. The Kier molecular flexibility index (Phi) is 4.80. The molecule has 0 aliphatic carbocycles. The molecule has 0 spiro atoms. The summed E-state index contributed by atoms with van der Waals surface area (Å²) >= 11 is 0. The summed E-state index contributed by atoms with van der Waals surface area (Å²) in [6.07, 6.45) is 0. The Morgan fingerprint density at radius 3 is 2.84 bits per heavy atom. The van der Waals surface area contributed by atoms with Gasteiger partial charge in [-0.15, -0.1) is 0 Å². The molecule has 1 aromatic rings. The van der Waals surface area contributed by atoms with Crippen LogP contribution in [0.4, 0.5) is 0 Å². The van der Waals surface area contributed by atoms with Gasteiger partial charge in [0, 0.05) is 38.3 Å². The van der Waals surface area contributed by atoms with Crippen molar-refractivity contribution in [3.8, 4) is 5.75 Å². The van der Waals surface area contributed by atoms with E-state index >= 15 is 0 Å². The lowest BCUT2D eigenvalue weighted by Crippen LogP contribution is -2.52. The van der Waals surface area contributed by atoms with E-state index in [2.05, 4.69) is 35.9 Å². The SMILES string of the molecule is COc1cccc(C(CN)N2CCN(C)C(C)C2)c1. The van der Waals surface area contributed by atoms with Crippen molar-refractivity contribution in [2.24, 2.45) is 5.73 Å². The summed E-state index contributed by atoms with van der Waals surface area (Å²) in [6, 6.07) is 9.11. The lowest BCUT2D eigenvalue weighted by molar-refractivity contribution is 0.0740. The fourth-order valence-corrected chi connectivity index (χ4v) is 2.70. The molecule has 0 aromatic heterocycles. The summed E-state index contributed by atoms with van der Waals surface area (Å²) in [4.78, 5) is 4.88. The van der Waals surface area contributed by atoms with Gasteiger partial charge in [-0.3, -0.25) is 4.90 Å². The average Bonchev–Trinajstić information content (AvgIpc) is 2.44. The summed E-state index contributed by atoms with van der Waals surface area (Å²) in [7, 11) is 3.89. The highest BCUT2D eigenvalue weighted by atomic mass is 16.5. The van der Waals surface area contributed by atoms with Gasteiger partial charge in [-0.1, -0.05) is 12.1 Å².